The van der Waals surface area contributed by atoms with Crippen molar-refractivity contribution in [2.24, 2.45) is 0 Å². The molecule has 2 rings (SSSR count). The van der Waals surface area contributed by atoms with Crippen LogP contribution in [0.5, 0.6) is 0 Å². The first kappa shape index (κ1) is 14.4. The molecule has 0 bridgehead atoms. The summed E-state index contributed by atoms with van der Waals surface area (Å²) in [6.07, 6.45) is 0. The summed E-state index contributed by atoms with van der Waals surface area (Å²) in [5, 5.41) is 0.576. The van der Waals surface area contributed by atoms with Crippen molar-refractivity contribution in [1.29, 1.82) is 0 Å². The molecule has 0 aliphatic carbocycles. The lowest BCUT2D eigenvalue weighted by Crippen LogP contribution is -2.13. The van der Waals surface area contributed by atoms with Crippen molar-refractivity contribution in [3.63, 3.8) is 0 Å². The van der Waals surface area contributed by atoms with Crippen molar-refractivity contribution in [2.45, 2.75) is 11.1 Å². The number of rotatable bonds is 3. The Morgan fingerprint density at radius 3 is 2.53 bits per heavy atom. The molecule has 1 aromatic carbocycles. The van der Waals surface area contributed by atoms with Gasteiger partial charge >= 0.3 is 4.87 Å². The van der Waals surface area contributed by atoms with E-state index in [9.17, 15) is 13.2 Å². The second-order valence-electron chi connectivity index (χ2n) is 3.66. The molecule has 1 aromatic heterocycles. The average molecular weight is 339 g/mol. The number of sulfonamides is 1. The Kier molecular flexibility index (Phi) is 3.91. The molecule has 0 aliphatic heterocycles. The summed E-state index contributed by atoms with van der Waals surface area (Å²) in [5.41, 5.74) is 0.485. The van der Waals surface area contributed by atoms with Gasteiger partial charge in [0.2, 0.25) is 0 Å². The minimum absolute atomic E-state index is 0.0662. The third-order valence-electron chi connectivity index (χ3n) is 2.20. The van der Waals surface area contributed by atoms with E-state index >= 15 is 0 Å². The molecular formula is C10H8Cl2N2O3S2. The summed E-state index contributed by atoms with van der Waals surface area (Å²) in [6, 6.07) is 4.39. The van der Waals surface area contributed by atoms with Crippen LogP contribution in [0.15, 0.2) is 27.2 Å². The molecule has 0 atom stereocenters. The summed E-state index contributed by atoms with van der Waals surface area (Å²) in [6.45, 7) is 1.51. The zero-order valence-corrected chi connectivity index (χ0v) is 12.7. The van der Waals surface area contributed by atoms with Crippen molar-refractivity contribution in [3.8, 4) is 0 Å². The number of anilines is 1. The lowest BCUT2D eigenvalue weighted by Gasteiger charge is -2.08. The first-order valence-corrected chi connectivity index (χ1v) is 8.03. The molecule has 0 radical (unpaired) electrons. The zero-order chi connectivity index (χ0) is 14.2. The van der Waals surface area contributed by atoms with Gasteiger partial charge in [-0.2, -0.15) is 0 Å². The minimum atomic E-state index is -3.85. The summed E-state index contributed by atoms with van der Waals surface area (Å²) in [5.74, 6) is 0. The number of aromatic amines is 1. The second kappa shape index (κ2) is 5.16. The normalized spacial score (nSPS) is 11.5. The van der Waals surface area contributed by atoms with E-state index in [0.717, 1.165) is 0 Å². The van der Waals surface area contributed by atoms with Gasteiger partial charge in [0, 0.05) is 10.7 Å². The smallest absolute Gasteiger partial charge is 0.306 e. The van der Waals surface area contributed by atoms with E-state index in [2.05, 4.69) is 9.71 Å². The van der Waals surface area contributed by atoms with Gasteiger partial charge in [-0.3, -0.25) is 9.52 Å². The van der Waals surface area contributed by atoms with Crippen LogP contribution in [0.1, 0.15) is 5.69 Å². The van der Waals surface area contributed by atoms with Crippen LogP contribution in [-0.4, -0.2) is 13.4 Å². The monoisotopic (exact) mass is 338 g/mol. The van der Waals surface area contributed by atoms with Crippen LogP contribution in [-0.2, 0) is 10.0 Å². The first-order valence-electron chi connectivity index (χ1n) is 4.97. The molecule has 9 heteroatoms. The van der Waals surface area contributed by atoms with Gasteiger partial charge < -0.3 is 4.98 Å². The van der Waals surface area contributed by atoms with Gasteiger partial charge in [0.05, 0.1) is 10.7 Å². The molecule has 0 fully saturated rings. The minimum Gasteiger partial charge on any atom is -0.315 e. The van der Waals surface area contributed by atoms with Gasteiger partial charge in [-0.15, -0.1) is 0 Å². The van der Waals surface area contributed by atoms with Crippen LogP contribution < -0.4 is 9.60 Å². The van der Waals surface area contributed by atoms with Crippen LogP contribution >= 0.6 is 34.5 Å². The number of nitrogens with one attached hydrogen (secondary N) is 2. The molecule has 19 heavy (non-hydrogen) atoms. The molecule has 2 aromatic rings. The molecule has 5 nitrogen and oxygen atoms in total. The van der Waals surface area contributed by atoms with Crippen LogP contribution in [0.25, 0.3) is 0 Å². The zero-order valence-electron chi connectivity index (χ0n) is 9.53. The predicted octanol–water partition coefficient (Wildman–Crippen LogP) is 2.85. The molecule has 1 heterocycles. The van der Waals surface area contributed by atoms with Gasteiger partial charge in [-0.25, -0.2) is 8.42 Å². The molecule has 2 N–H and O–H groups in total. The van der Waals surface area contributed by atoms with Crippen molar-refractivity contribution < 1.29 is 8.42 Å². The van der Waals surface area contributed by atoms with E-state index < -0.39 is 14.9 Å². The number of halogens is 2. The van der Waals surface area contributed by atoms with E-state index in [1.54, 1.807) is 0 Å². The highest BCUT2D eigenvalue weighted by molar-refractivity contribution is 7.94. The van der Waals surface area contributed by atoms with E-state index in [1.807, 2.05) is 0 Å². The maximum absolute atomic E-state index is 12.1. The molecule has 102 valence electrons. The fourth-order valence-corrected chi connectivity index (χ4v) is 4.30. The van der Waals surface area contributed by atoms with Crippen LogP contribution in [0, 0.1) is 6.92 Å². The highest BCUT2D eigenvalue weighted by Gasteiger charge is 2.21. The van der Waals surface area contributed by atoms with E-state index in [1.165, 1.54) is 25.1 Å². The van der Waals surface area contributed by atoms with E-state index in [0.29, 0.717) is 16.4 Å². The highest BCUT2D eigenvalue weighted by atomic mass is 35.5. The number of H-pyrrole nitrogens is 1. The second-order valence-corrected chi connectivity index (χ2v) is 7.36. The average Bonchev–Trinajstić information content (AvgIpc) is 2.63. The highest BCUT2D eigenvalue weighted by Crippen LogP contribution is 2.28. The van der Waals surface area contributed by atoms with Crippen LogP contribution in [0.3, 0.4) is 0 Å². The van der Waals surface area contributed by atoms with Crippen LogP contribution in [0.2, 0.25) is 10.0 Å². The summed E-state index contributed by atoms with van der Waals surface area (Å²) >= 11 is 12.2. The van der Waals surface area contributed by atoms with Gasteiger partial charge in [-0.05, 0) is 25.1 Å². The van der Waals surface area contributed by atoms with Gasteiger partial charge in [0.15, 0.2) is 4.21 Å². The third kappa shape index (κ3) is 3.11. The number of hydrogen-bond donors (Lipinski definition) is 2. The SMILES string of the molecule is Cc1[nH]c(=O)sc1S(=O)(=O)Nc1ccc(Cl)cc1Cl. The molecular weight excluding hydrogens is 331 g/mol. The Hall–Kier alpha value is -1.02. The number of aromatic nitrogens is 1. The van der Waals surface area contributed by atoms with E-state index in [-0.39, 0.29) is 20.6 Å². The maximum Gasteiger partial charge on any atom is 0.306 e. The topological polar surface area (TPSA) is 79.0 Å². The number of aryl methyl sites for hydroxylation is 1. The first-order chi connectivity index (χ1) is 8.79. The molecule has 0 aliphatic rings. The summed E-state index contributed by atoms with van der Waals surface area (Å²) in [4.78, 5) is 13.1. The van der Waals surface area contributed by atoms with Crippen molar-refractivity contribution in [3.05, 3.63) is 43.6 Å². The molecule has 0 saturated carbocycles. The lowest BCUT2D eigenvalue weighted by molar-refractivity contribution is 0.602. The summed E-state index contributed by atoms with van der Waals surface area (Å²) < 4.78 is 26.5. The third-order valence-corrected chi connectivity index (χ3v) is 5.72. The van der Waals surface area contributed by atoms with Gasteiger partial charge in [0.25, 0.3) is 10.0 Å². The molecule has 0 saturated heterocycles. The molecule has 0 unspecified atom stereocenters. The fraction of sp³-hybridized carbons (Fsp3) is 0.100. The molecule has 0 spiro atoms. The maximum atomic E-state index is 12.1. The quantitative estimate of drug-likeness (QED) is 0.902. The van der Waals surface area contributed by atoms with Crippen molar-refractivity contribution >= 4 is 50.2 Å². The number of hydrogen-bond acceptors (Lipinski definition) is 4. The Labute approximate surface area is 123 Å². The number of thiazole rings is 1. The van der Waals surface area contributed by atoms with E-state index in [4.69, 9.17) is 23.2 Å². The van der Waals surface area contributed by atoms with Crippen molar-refractivity contribution in [1.82, 2.24) is 4.98 Å². The van der Waals surface area contributed by atoms with Crippen molar-refractivity contribution in [2.75, 3.05) is 4.72 Å². The molecule has 0 amide bonds. The largest absolute Gasteiger partial charge is 0.315 e. The Morgan fingerprint density at radius 1 is 1.32 bits per heavy atom. The van der Waals surface area contributed by atoms with Crippen LogP contribution in [0.4, 0.5) is 5.69 Å². The number of benzene rings is 1. The lowest BCUT2D eigenvalue weighted by atomic mass is 10.3. The van der Waals surface area contributed by atoms with Gasteiger partial charge in [0.1, 0.15) is 0 Å². The fourth-order valence-electron chi connectivity index (χ4n) is 1.41. The summed E-state index contributed by atoms with van der Waals surface area (Å²) in [7, 11) is -3.85. The predicted molar refractivity (Wildman–Crippen MR) is 76.9 cm³/mol. The Morgan fingerprint density at radius 2 is 2.00 bits per heavy atom. The Balaban J connectivity index is 2.42. The van der Waals surface area contributed by atoms with Gasteiger partial charge in [-0.1, -0.05) is 34.5 Å². The standard InChI is InChI=1S/C10H8Cl2N2O3S2/c1-5-9(18-10(15)13-5)19(16,17)14-8-3-2-6(11)4-7(8)12/h2-4,14H,1H3,(H,13,15). The Bertz CT molecular complexity index is 780.